The highest BCUT2D eigenvalue weighted by Crippen LogP contribution is 2.31. The molecular formula is C29H36N2O5. The van der Waals surface area contributed by atoms with Gasteiger partial charge in [-0.15, -0.1) is 0 Å². The zero-order chi connectivity index (χ0) is 24.9. The Balaban J connectivity index is 1.24. The van der Waals surface area contributed by atoms with Gasteiger partial charge >= 0.3 is 12.1 Å². The molecule has 0 aromatic carbocycles. The average molecular weight is 493 g/mol. The first kappa shape index (κ1) is 24.6. The lowest BCUT2D eigenvalue weighted by Gasteiger charge is -2.44. The van der Waals surface area contributed by atoms with E-state index in [1.165, 1.54) is 0 Å². The highest BCUT2D eigenvalue weighted by atomic mass is 16.6. The van der Waals surface area contributed by atoms with Gasteiger partial charge in [-0.25, -0.2) is 9.59 Å². The number of carbonyl (C=O) groups excluding carboxylic acids is 1. The predicted octanol–water partition coefficient (Wildman–Crippen LogP) is 4.66. The summed E-state index contributed by atoms with van der Waals surface area (Å²) in [5.74, 6) is 0.576. The second kappa shape index (κ2) is 11.3. The normalized spacial score (nSPS) is 29.9. The third-order valence-corrected chi connectivity index (χ3v) is 7.91. The molecule has 3 unspecified atom stereocenters. The minimum absolute atomic E-state index is 0.0294. The number of hydrogen-bond acceptors (Lipinski definition) is 5. The first-order valence-electron chi connectivity index (χ1n) is 13.2. The van der Waals surface area contributed by atoms with Crippen molar-refractivity contribution >= 4 is 12.1 Å². The Kier molecular flexibility index (Phi) is 7.75. The lowest BCUT2D eigenvalue weighted by atomic mass is 9.85. The molecule has 3 aliphatic heterocycles. The third kappa shape index (κ3) is 6.01. The maximum absolute atomic E-state index is 13.0. The molecule has 3 fully saturated rings. The number of carboxylic acids is 1. The van der Waals surface area contributed by atoms with Gasteiger partial charge in [-0.1, -0.05) is 36.5 Å². The Hall–Kier alpha value is -3.06. The van der Waals surface area contributed by atoms with Crippen LogP contribution in [-0.2, 0) is 14.3 Å². The molecule has 2 N–H and O–H groups in total. The zero-order valence-corrected chi connectivity index (χ0v) is 20.7. The van der Waals surface area contributed by atoms with Crippen molar-refractivity contribution in [1.29, 1.82) is 0 Å². The monoisotopic (exact) mass is 492 g/mol. The van der Waals surface area contributed by atoms with Crippen molar-refractivity contribution in [3.63, 3.8) is 0 Å². The molecule has 36 heavy (non-hydrogen) atoms. The maximum atomic E-state index is 13.0. The van der Waals surface area contributed by atoms with Gasteiger partial charge in [0.25, 0.3) is 0 Å². The fourth-order valence-electron chi connectivity index (χ4n) is 5.87. The van der Waals surface area contributed by atoms with E-state index in [-0.39, 0.29) is 24.2 Å². The van der Waals surface area contributed by atoms with Crippen LogP contribution >= 0.6 is 0 Å². The van der Waals surface area contributed by atoms with E-state index < -0.39 is 5.97 Å². The molecule has 6 aliphatic rings. The molecule has 3 saturated heterocycles. The summed E-state index contributed by atoms with van der Waals surface area (Å²) < 4.78 is 12.1. The number of amides is 1. The molecule has 0 spiro atoms. The predicted molar refractivity (Wildman–Crippen MR) is 137 cm³/mol. The first-order valence-corrected chi connectivity index (χ1v) is 13.2. The van der Waals surface area contributed by atoms with E-state index in [9.17, 15) is 14.7 Å². The summed E-state index contributed by atoms with van der Waals surface area (Å²) in [4.78, 5) is 26.7. The van der Waals surface area contributed by atoms with Gasteiger partial charge in [-0.2, -0.15) is 0 Å². The number of rotatable bonds is 8. The quantitative estimate of drug-likeness (QED) is 0.512. The van der Waals surface area contributed by atoms with Crippen LogP contribution in [0.2, 0.25) is 0 Å². The topological polar surface area (TPSA) is 88.1 Å². The number of carbonyl (C=O) groups is 2. The molecule has 3 heterocycles. The van der Waals surface area contributed by atoms with E-state index in [4.69, 9.17) is 9.47 Å². The summed E-state index contributed by atoms with van der Waals surface area (Å²) in [6.45, 7) is 3.44. The highest BCUT2D eigenvalue weighted by molar-refractivity contribution is 5.90. The van der Waals surface area contributed by atoms with E-state index in [2.05, 4.69) is 28.4 Å². The van der Waals surface area contributed by atoms with E-state index in [0.29, 0.717) is 18.1 Å². The molecule has 0 aromatic rings. The van der Waals surface area contributed by atoms with Crippen LogP contribution in [0.25, 0.3) is 0 Å². The van der Waals surface area contributed by atoms with Crippen LogP contribution < -0.4 is 5.32 Å². The van der Waals surface area contributed by atoms with Gasteiger partial charge in [-0.05, 0) is 80.8 Å². The Labute approximate surface area is 212 Å². The van der Waals surface area contributed by atoms with Crippen LogP contribution in [0, 0.1) is 11.8 Å². The fourth-order valence-corrected chi connectivity index (χ4v) is 5.87. The highest BCUT2D eigenvalue weighted by Gasteiger charge is 2.37. The molecule has 3 atom stereocenters. The number of carboxylic acid groups (broad SMARTS) is 1. The third-order valence-electron chi connectivity index (χ3n) is 7.91. The smallest absolute Gasteiger partial charge is 0.407 e. The summed E-state index contributed by atoms with van der Waals surface area (Å²) >= 11 is 0. The fraction of sp³-hybridized carbons (Fsp3) is 0.517. The van der Waals surface area contributed by atoms with Crippen LogP contribution in [0.15, 0.2) is 71.1 Å². The van der Waals surface area contributed by atoms with Gasteiger partial charge in [0.05, 0.1) is 17.4 Å². The zero-order valence-electron chi connectivity index (χ0n) is 20.7. The molecule has 1 amide bonds. The Morgan fingerprint density at radius 3 is 2.67 bits per heavy atom. The molecule has 7 heteroatoms. The number of aliphatic carboxylic acids is 1. The Morgan fingerprint density at radius 2 is 1.94 bits per heavy atom. The molecule has 6 rings (SSSR count). The summed E-state index contributed by atoms with van der Waals surface area (Å²) in [6.07, 6.45) is 21.9. The molecule has 0 radical (unpaired) electrons. The number of fused-ring (bicyclic) bond motifs is 3. The summed E-state index contributed by atoms with van der Waals surface area (Å²) in [5.41, 5.74) is 2.36. The van der Waals surface area contributed by atoms with Crippen molar-refractivity contribution in [3.8, 4) is 0 Å². The average Bonchev–Trinajstić information content (AvgIpc) is 2.92. The molecule has 192 valence electrons. The van der Waals surface area contributed by atoms with E-state index in [0.717, 1.165) is 81.5 Å². The van der Waals surface area contributed by atoms with Crippen molar-refractivity contribution in [2.45, 2.75) is 57.1 Å². The SMILES string of the molecule is O=C(NC(C1=CCCC(OCC2=CC(C(=O)O)=CCC2)=C1)C1C=CC=CC1)OC1CN2CCC1CC2. The Bertz CT molecular complexity index is 1040. The second-order valence-corrected chi connectivity index (χ2v) is 10.4. The van der Waals surface area contributed by atoms with Crippen LogP contribution in [-0.4, -0.2) is 60.5 Å². The molecule has 2 bridgehead atoms. The van der Waals surface area contributed by atoms with E-state index >= 15 is 0 Å². The van der Waals surface area contributed by atoms with E-state index in [1.807, 2.05) is 18.2 Å². The van der Waals surface area contributed by atoms with Crippen LogP contribution in [0.5, 0.6) is 0 Å². The molecular weight excluding hydrogens is 456 g/mol. The van der Waals surface area contributed by atoms with Gasteiger partial charge < -0.3 is 19.9 Å². The number of ether oxygens (including phenoxy) is 2. The van der Waals surface area contributed by atoms with Crippen molar-refractivity contribution in [3.05, 3.63) is 71.1 Å². The molecule has 0 aromatic heterocycles. The lowest BCUT2D eigenvalue weighted by molar-refractivity contribution is -0.132. The Morgan fingerprint density at radius 1 is 1.11 bits per heavy atom. The molecule has 7 nitrogen and oxygen atoms in total. The van der Waals surface area contributed by atoms with Gasteiger partial charge in [0, 0.05) is 18.9 Å². The van der Waals surface area contributed by atoms with Crippen LogP contribution in [0.4, 0.5) is 4.79 Å². The van der Waals surface area contributed by atoms with Gasteiger partial charge in [0.1, 0.15) is 12.7 Å². The number of allylic oxidation sites excluding steroid dienone is 6. The lowest BCUT2D eigenvalue weighted by Crippen LogP contribution is -2.53. The standard InChI is InChI=1S/C29H36N2O5/c32-28(33)24-10-4-6-20(16-24)19-35-25-11-5-9-23(17-25)27(22-7-2-1-3-8-22)30-29(34)36-26-18-31-14-12-21(26)13-15-31/h1-3,7,9-10,16-17,21-22,26-27H,4-6,8,11-15,18-19H2,(H,30,34)(H,32,33). The minimum Gasteiger partial charge on any atom is -0.494 e. The summed E-state index contributed by atoms with van der Waals surface area (Å²) in [6, 6.07) is -0.200. The van der Waals surface area contributed by atoms with Crippen molar-refractivity contribution in [2.75, 3.05) is 26.2 Å². The summed E-state index contributed by atoms with van der Waals surface area (Å²) in [5, 5.41) is 12.5. The molecule has 0 saturated carbocycles. The minimum atomic E-state index is -0.900. The van der Waals surface area contributed by atoms with Crippen LogP contribution in [0.1, 0.15) is 44.9 Å². The number of alkyl carbamates (subject to hydrolysis) is 1. The number of nitrogens with zero attached hydrogens (tertiary/aromatic N) is 1. The van der Waals surface area contributed by atoms with Crippen molar-refractivity contribution in [1.82, 2.24) is 10.2 Å². The van der Waals surface area contributed by atoms with Gasteiger partial charge in [-0.3, -0.25) is 4.90 Å². The van der Waals surface area contributed by atoms with Crippen molar-refractivity contribution < 1.29 is 24.2 Å². The second-order valence-electron chi connectivity index (χ2n) is 10.4. The van der Waals surface area contributed by atoms with Crippen LogP contribution in [0.3, 0.4) is 0 Å². The largest absolute Gasteiger partial charge is 0.494 e. The van der Waals surface area contributed by atoms with Gasteiger partial charge in [0.2, 0.25) is 0 Å². The van der Waals surface area contributed by atoms with Crippen molar-refractivity contribution in [2.24, 2.45) is 11.8 Å². The number of nitrogens with one attached hydrogen (secondary N) is 1. The van der Waals surface area contributed by atoms with E-state index in [1.54, 1.807) is 12.2 Å². The molecule has 3 aliphatic carbocycles. The summed E-state index contributed by atoms with van der Waals surface area (Å²) in [7, 11) is 0. The number of piperidine rings is 3. The number of hydrogen-bond donors (Lipinski definition) is 2. The maximum Gasteiger partial charge on any atom is 0.407 e. The van der Waals surface area contributed by atoms with Gasteiger partial charge in [0.15, 0.2) is 0 Å². The first-order chi connectivity index (χ1) is 17.5.